The Balaban J connectivity index is 0.00000105. The van der Waals surface area contributed by atoms with Gasteiger partial charge in [0.2, 0.25) is 0 Å². The number of hydrogen-bond donors (Lipinski definition) is 0. The molecule has 0 saturated heterocycles. The van der Waals surface area contributed by atoms with Gasteiger partial charge in [0.1, 0.15) is 0 Å². The topological polar surface area (TPSA) is 9.23 Å². The zero-order valence-electron chi connectivity index (χ0n) is 18.1. The van der Waals surface area contributed by atoms with E-state index in [1.165, 1.54) is 39.8 Å². The molecule has 0 aromatic heterocycles. The van der Waals surface area contributed by atoms with Crippen molar-refractivity contribution in [2.45, 2.75) is 79.8 Å². The summed E-state index contributed by atoms with van der Waals surface area (Å²) in [6, 6.07) is 13.6. The molecule has 0 aliphatic carbocycles. The highest BCUT2D eigenvalue weighted by atomic mass is 16.5. The lowest BCUT2D eigenvalue weighted by atomic mass is 9.90. The van der Waals surface area contributed by atoms with E-state index in [4.69, 9.17) is 4.74 Å². The summed E-state index contributed by atoms with van der Waals surface area (Å²) >= 11 is 0. The standard InChI is InChI=1S/C22H30O.C3H8/c1-15-9-16(2)12-20(11-15)19(5)7-8-22(23-6)21-13-17(3)10-18(4)14-21;1-3-2/h9-14,19,22H,7-8H2,1-6H3;3H2,1-2H3. The maximum atomic E-state index is 5.78. The van der Waals surface area contributed by atoms with Crippen LogP contribution in [0.3, 0.4) is 0 Å². The van der Waals surface area contributed by atoms with Crippen molar-refractivity contribution in [3.05, 3.63) is 69.8 Å². The molecule has 26 heavy (non-hydrogen) atoms. The Kier molecular flexibility index (Phi) is 9.65. The fraction of sp³-hybridized carbons (Fsp3) is 0.520. The maximum Gasteiger partial charge on any atom is 0.0821 e. The Morgan fingerprint density at radius 2 is 1.08 bits per heavy atom. The lowest BCUT2D eigenvalue weighted by Gasteiger charge is -2.20. The molecule has 0 saturated carbocycles. The number of ether oxygens (including phenoxy) is 1. The van der Waals surface area contributed by atoms with E-state index in [0.29, 0.717) is 5.92 Å². The molecule has 0 amide bonds. The molecule has 2 atom stereocenters. The van der Waals surface area contributed by atoms with E-state index < -0.39 is 0 Å². The number of rotatable bonds is 6. The number of methoxy groups -OCH3 is 1. The maximum absolute atomic E-state index is 5.78. The largest absolute Gasteiger partial charge is 0.377 e. The van der Waals surface area contributed by atoms with Crippen LogP contribution in [0.5, 0.6) is 0 Å². The Bertz CT molecular complexity index is 631. The monoisotopic (exact) mass is 354 g/mol. The van der Waals surface area contributed by atoms with E-state index in [2.05, 4.69) is 84.9 Å². The number of benzene rings is 2. The zero-order valence-corrected chi connectivity index (χ0v) is 18.1. The van der Waals surface area contributed by atoms with Crippen LogP contribution < -0.4 is 0 Å². The quantitative estimate of drug-likeness (QED) is 0.518. The predicted octanol–water partition coefficient (Wildman–Crippen LogP) is 7.61. The minimum absolute atomic E-state index is 0.182. The minimum atomic E-state index is 0.182. The van der Waals surface area contributed by atoms with Crippen molar-refractivity contribution in [1.82, 2.24) is 0 Å². The van der Waals surface area contributed by atoms with Gasteiger partial charge in [-0.1, -0.05) is 85.8 Å². The first-order valence-corrected chi connectivity index (χ1v) is 9.99. The summed E-state index contributed by atoms with van der Waals surface area (Å²) in [5.41, 5.74) is 8.07. The molecule has 1 nitrogen and oxygen atoms in total. The summed E-state index contributed by atoms with van der Waals surface area (Å²) in [6.07, 6.45) is 3.61. The summed E-state index contributed by atoms with van der Waals surface area (Å²) in [4.78, 5) is 0. The van der Waals surface area contributed by atoms with E-state index in [-0.39, 0.29) is 6.10 Å². The van der Waals surface area contributed by atoms with E-state index in [0.717, 1.165) is 12.8 Å². The first-order chi connectivity index (χ1) is 12.3. The highest BCUT2D eigenvalue weighted by Crippen LogP contribution is 2.30. The molecule has 0 N–H and O–H groups in total. The minimum Gasteiger partial charge on any atom is -0.377 e. The van der Waals surface area contributed by atoms with Crippen LogP contribution in [0.25, 0.3) is 0 Å². The Morgan fingerprint density at radius 3 is 1.46 bits per heavy atom. The molecule has 0 aliphatic heterocycles. The third-order valence-corrected chi connectivity index (χ3v) is 4.58. The Hall–Kier alpha value is -1.60. The number of aryl methyl sites for hydroxylation is 4. The van der Waals surface area contributed by atoms with Crippen molar-refractivity contribution >= 4 is 0 Å². The van der Waals surface area contributed by atoms with Crippen molar-refractivity contribution in [3.63, 3.8) is 0 Å². The van der Waals surface area contributed by atoms with Crippen LogP contribution in [0, 0.1) is 27.7 Å². The van der Waals surface area contributed by atoms with Crippen LogP contribution in [0.15, 0.2) is 36.4 Å². The third kappa shape index (κ3) is 7.33. The van der Waals surface area contributed by atoms with Gasteiger partial charge in [0.15, 0.2) is 0 Å². The summed E-state index contributed by atoms with van der Waals surface area (Å²) in [6.45, 7) is 15.2. The fourth-order valence-corrected chi connectivity index (χ4v) is 3.48. The summed E-state index contributed by atoms with van der Waals surface area (Å²) in [5.74, 6) is 0.553. The zero-order chi connectivity index (χ0) is 19.7. The molecule has 0 radical (unpaired) electrons. The van der Waals surface area contributed by atoms with Gasteiger partial charge in [0, 0.05) is 7.11 Å². The van der Waals surface area contributed by atoms with Gasteiger partial charge in [-0.15, -0.1) is 0 Å². The van der Waals surface area contributed by atoms with Crippen molar-refractivity contribution in [3.8, 4) is 0 Å². The van der Waals surface area contributed by atoms with Crippen molar-refractivity contribution in [2.75, 3.05) is 7.11 Å². The second-order valence-electron chi connectivity index (χ2n) is 7.75. The van der Waals surface area contributed by atoms with Crippen molar-refractivity contribution in [1.29, 1.82) is 0 Å². The van der Waals surface area contributed by atoms with Crippen LogP contribution in [0.1, 0.15) is 85.4 Å². The lowest BCUT2D eigenvalue weighted by molar-refractivity contribution is 0.0922. The van der Waals surface area contributed by atoms with Crippen molar-refractivity contribution < 1.29 is 4.74 Å². The van der Waals surface area contributed by atoms with Crippen LogP contribution in [0.2, 0.25) is 0 Å². The molecule has 2 aromatic rings. The van der Waals surface area contributed by atoms with Gasteiger partial charge in [-0.3, -0.25) is 0 Å². The van der Waals surface area contributed by atoms with Gasteiger partial charge < -0.3 is 4.74 Å². The second kappa shape index (κ2) is 11.2. The van der Waals surface area contributed by atoms with Crippen LogP contribution in [-0.4, -0.2) is 7.11 Å². The van der Waals surface area contributed by atoms with Gasteiger partial charge in [-0.05, 0) is 57.6 Å². The van der Waals surface area contributed by atoms with Gasteiger partial charge in [0.25, 0.3) is 0 Å². The second-order valence-corrected chi connectivity index (χ2v) is 7.75. The predicted molar refractivity (Wildman–Crippen MR) is 115 cm³/mol. The smallest absolute Gasteiger partial charge is 0.0821 e. The summed E-state index contributed by atoms with van der Waals surface area (Å²) in [7, 11) is 1.82. The summed E-state index contributed by atoms with van der Waals surface area (Å²) < 4.78 is 5.78. The average Bonchev–Trinajstić information content (AvgIpc) is 2.54. The molecule has 144 valence electrons. The highest BCUT2D eigenvalue weighted by Gasteiger charge is 2.14. The molecular formula is C25H38O. The molecule has 0 bridgehead atoms. The van der Waals surface area contributed by atoms with Gasteiger partial charge in [-0.25, -0.2) is 0 Å². The molecule has 2 rings (SSSR count). The normalized spacial score (nSPS) is 12.9. The Labute approximate surface area is 161 Å². The van der Waals surface area contributed by atoms with E-state index >= 15 is 0 Å². The molecule has 2 aromatic carbocycles. The molecular weight excluding hydrogens is 316 g/mol. The van der Waals surface area contributed by atoms with Gasteiger partial charge >= 0.3 is 0 Å². The Morgan fingerprint density at radius 1 is 0.692 bits per heavy atom. The number of hydrogen-bond acceptors (Lipinski definition) is 1. The lowest BCUT2D eigenvalue weighted by Crippen LogP contribution is -2.05. The molecule has 2 unspecified atom stereocenters. The van der Waals surface area contributed by atoms with Crippen molar-refractivity contribution in [2.24, 2.45) is 0 Å². The first kappa shape index (κ1) is 22.4. The van der Waals surface area contributed by atoms with Gasteiger partial charge in [-0.2, -0.15) is 0 Å². The van der Waals surface area contributed by atoms with Gasteiger partial charge in [0.05, 0.1) is 6.10 Å². The molecule has 1 heteroatoms. The molecule has 0 fully saturated rings. The van der Waals surface area contributed by atoms with Crippen LogP contribution >= 0.6 is 0 Å². The van der Waals surface area contributed by atoms with Crippen LogP contribution in [-0.2, 0) is 4.74 Å². The van der Waals surface area contributed by atoms with Crippen LogP contribution in [0.4, 0.5) is 0 Å². The summed E-state index contributed by atoms with van der Waals surface area (Å²) in [5, 5.41) is 0. The third-order valence-electron chi connectivity index (χ3n) is 4.58. The average molecular weight is 355 g/mol. The SMILES string of the molecule is CCC.COC(CCC(C)c1cc(C)cc(C)c1)c1cc(C)cc(C)c1. The fourth-order valence-electron chi connectivity index (χ4n) is 3.48. The molecule has 0 heterocycles. The van der Waals surface area contributed by atoms with E-state index in [9.17, 15) is 0 Å². The first-order valence-electron chi connectivity index (χ1n) is 9.99. The van der Waals surface area contributed by atoms with E-state index in [1.54, 1.807) is 0 Å². The highest BCUT2D eigenvalue weighted by molar-refractivity contribution is 5.32. The molecule has 0 aliphatic rings. The van der Waals surface area contributed by atoms with E-state index in [1.807, 2.05) is 7.11 Å². The molecule has 0 spiro atoms.